The normalized spacial score (nSPS) is 15.6. The largest absolute Gasteiger partial charge is 0.493 e. The molecule has 1 aliphatic heterocycles. The molecule has 140 valence electrons. The van der Waals surface area contributed by atoms with Crippen molar-refractivity contribution in [3.63, 3.8) is 0 Å². The molecule has 0 amide bonds. The van der Waals surface area contributed by atoms with E-state index in [1.807, 2.05) is 0 Å². The summed E-state index contributed by atoms with van der Waals surface area (Å²) in [7, 11) is 5.24. The van der Waals surface area contributed by atoms with Crippen LogP contribution in [0.5, 0.6) is 11.5 Å². The van der Waals surface area contributed by atoms with Gasteiger partial charge < -0.3 is 19.3 Å². The summed E-state index contributed by atoms with van der Waals surface area (Å²) >= 11 is 0. The lowest BCUT2D eigenvalue weighted by atomic mass is 10.3. The highest BCUT2D eigenvalue weighted by Gasteiger charge is 2.16. The van der Waals surface area contributed by atoms with Gasteiger partial charge in [-0.2, -0.15) is 5.10 Å². The summed E-state index contributed by atoms with van der Waals surface area (Å²) in [6.07, 6.45) is 4.45. The summed E-state index contributed by atoms with van der Waals surface area (Å²) in [6.45, 7) is 4.10. The van der Waals surface area contributed by atoms with Crippen LogP contribution in [0.1, 0.15) is 12.1 Å². The van der Waals surface area contributed by atoms with Crippen LogP contribution in [0.3, 0.4) is 0 Å². The third-order valence-electron chi connectivity index (χ3n) is 4.61. The average molecular weight is 359 g/mol. The molecule has 26 heavy (non-hydrogen) atoms. The predicted octanol–water partition coefficient (Wildman–Crippen LogP) is 0.846. The molecule has 1 fully saturated rings. The van der Waals surface area contributed by atoms with E-state index in [1.165, 1.54) is 4.68 Å². The number of hydrogen-bond acceptors (Lipinski definition) is 7. The van der Waals surface area contributed by atoms with Gasteiger partial charge in [-0.1, -0.05) is 0 Å². The topological polar surface area (TPSA) is 72.7 Å². The summed E-state index contributed by atoms with van der Waals surface area (Å²) in [5.41, 5.74) is 1.31. The number of pyridine rings is 1. The van der Waals surface area contributed by atoms with Gasteiger partial charge in [-0.3, -0.25) is 9.78 Å². The zero-order valence-corrected chi connectivity index (χ0v) is 15.5. The molecule has 0 aliphatic carbocycles. The van der Waals surface area contributed by atoms with Crippen LogP contribution in [0.15, 0.2) is 29.3 Å². The minimum Gasteiger partial charge on any atom is -0.493 e. The lowest BCUT2D eigenvalue weighted by Crippen LogP contribution is -2.31. The first kappa shape index (κ1) is 18.2. The van der Waals surface area contributed by atoms with Crippen LogP contribution in [-0.4, -0.2) is 67.1 Å². The number of methoxy groups -OCH3 is 2. The van der Waals surface area contributed by atoms with Crippen molar-refractivity contribution < 1.29 is 9.47 Å². The Labute approximate surface area is 153 Å². The smallest absolute Gasteiger partial charge is 0.269 e. The Hall–Kier alpha value is -2.61. The van der Waals surface area contributed by atoms with E-state index < -0.39 is 0 Å². The SMILES string of the molecule is COc1ccnc(Cn2ncc(N3CCCN(C)CC3)cc2=O)c1OC. The molecule has 0 bridgehead atoms. The first-order valence-corrected chi connectivity index (χ1v) is 8.69. The summed E-state index contributed by atoms with van der Waals surface area (Å²) in [4.78, 5) is 21.4. The third-order valence-corrected chi connectivity index (χ3v) is 4.61. The molecule has 2 aromatic heterocycles. The van der Waals surface area contributed by atoms with Gasteiger partial charge in [0.05, 0.1) is 32.6 Å². The standard InChI is InChI=1S/C18H25N5O3/c1-21-7-4-8-22(10-9-21)14-11-17(24)23(20-12-14)13-15-18(26-3)16(25-2)5-6-19-15/h5-6,11-12H,4,7-10,13H2,1-3H3. The second-order valence-electron chi connectivity index (χ2n) is 6.35. The van der Waals surface area contributed by atoms with E-state index in [0.29, 0.717) is 17.2 Å². The van der Waals surface area contributed by atoms with Crippen molar-refractivity contribution in [2.45, 2.75) is 13.0 Å². The molecule has 0 N–H and O–H groups in total. The van der Waals surface area contributed by atoms with E-state index in [9.17, 15) is 4.79 Å². The van der Waals surface area contributed by atoms with Crippen LogP contribution in [-0.2, 0) is 6.54 Å². The molecule has 8 heteroatoms. The molecule has 0 atom stereocenters. The van der Waals surface area contributed by atoms with Crippen molar-refractivity contribution in [1.82, 2.24) is 19.7 Å². The van der Waals surface area contributed by atoms with Crippen LogP contribution in [0.4, 0.5) is 5.69 Å². The lowest BCUT2D eigenvalue weighted by Gasteiger charge is -2.22. The molecular weight excluding hydrogens is 334 g/mol. The van der Waals surface area contributed by atoms with Crippen LogP contribution >= 0.6 is 0 Å². The molecule has 1 saturated heterocycles. The quantitative estimate of drug-likeness (QED) is 0.783. The second-order valence-corrected chi connectivity index (χ2v) is 6.35. The van der Waals surface area contributed by atoms with Crippen molar-refractivity contribution in [2.75, 3.05) is 52.3 Å². The summed E-state index contributed by atoms with van der Waals surface area (Å²) in [5, 5.41) is 4.34. The van der Waals surface area contributed by atoms with Crippen LogP contribution < -0.4 is 19.9 Å². The molecule has 0 unspecified atom stereocenters. The number of nitrogens with zero attached hydrogens (tertiary/aromatic N) is 5. The number of ether oxygens (including phenoxy) is 2. The van der Waals surface area contributed by atoms with Crippen molar-refractivity contribution in [3.8, 4) is 11.5 Å². The molecule has 3 rings (SSSR count). The summed E-state index contributed by atoms with van der Waals surface area (Å²) in [5.74, 6) is 1.10. The molecule has 0 aromatic carbocycles. The van der Waals surface area contributed by atoms with Gasteiger partial charge >= 0.3 is 0 Å². The summed E-state index contributed by atoms with van der Waals surface area (Å²) < 4.78 is 12.0. The van der Waals surface area contributed by atoms with Gasteiger partial charge in [0, 0.05) is 38.0 Å². The van der Waals surface area contributed by atoms with Gasteiger partial charge in [-0.25, -0.2) is 4.68 Å². The minimum atomic E-state index is -0.160. The Bertz CT molecular complexity index is 808. The molecule has 3 heterocycles. The molecule has 0 saturated carbocycles. The Balaban J connectivity index is 1.82. The maximum atomic E-state index is 12.6. The van der Waals surface area contributed by atoms with Gasteiger partial charge in [0.1, 0.15) is 5.69 Å². The van der Waals surface area contributed by atoms with Crippen LogP contribution in [0.2, 0.25) is 0 Å². The first-order chi connectivity index (χ1) is 12.6. The fraction of sp³-hybridized carbons (Fsp3) is 0.500. The highest BCUT2D eigenvalue weighted by atomic mass is 16.5. The van der Waals surface area contributed by atoms with E-state index >= 15 is 0 Å². The molecular formula is C18H25N5O3. The van der Waals surface area contributed by atoms with Crippen molar-refractivity contribution in [1.29, 1.82) is 0 Å². The number of hydrogen-bond donors (Lipinski definition) is 0. The van der Waals surface area contributed by atoms with Crippen molar-refractivity contribution >= 4 is 5.69 Å². The Morgan fingerprint density at radius 1 is 1.15 bits per heavy atom. The fourth-order valence-electron chi connectivity index (χ4n) is 3.13. The average Bonchev–Trinajstić information content (AvgIpc) is 2.87. The minimum absolute atomic E-state index is 0.160. The molecule has 0 radical (unpaired) electrons. The van der Waals surface area contributed by atoms with Crippen LogP contribution in [0.25, 0.3) is 0 Å². The highest BCUT2D eigenvalue weighted by Crippen LogP contribution is 2.29. The van der Waals surface area contributed by atoms with Crippen LogP contribution in [0, 0.1) is 0 Å². The second kappa shape index (κ2) is 8.18. The first-order valence-electron chi connectivity index (χ1n) is 8.69. The van der Waals surface area contributed by atoms with E-state index in [1.54, 1.807) is 38.7 Å². The van der Waals surface area contributed by atoms with Crippen molar-refractivity contribution in [2.24, 2.45) is 0 Å². The Kier molecular flexibility index (Phi) is 5.72. The monoisotopic (exact) mass is 359 g/mol. The van der Waals surface area contributed by atoms with Gasteiger partial charge in [-0.15, -0.1) is 0 Å². The zero-order chi connectivity index (χ0) is 18.5. The van der Waals surface area contributed by atoms with E-state index in [2.05, 4.69) is 26.9 Å². The number of rotatable bonds is 5. The van der Waals surface area contributed by atoms with E-state index in [0.717, 1.165) is 38.3 Å². The Morgan fingerprint density at radius 2 is 2.00 bits per heavy atom. The lowest BCUT2D eigenvalue weighted by molar-refractivity contribution is 0.347. The zero-order valence-electron chi connectivity index (χ0n) is 15.5. The van der Waals surface area contributed by atoms with Gasteiger partial charge in [0.25, 0.3) is 5.56 Å². The maximum absolute atomic E-state index is 12.6. The van der Waals surface area contributed by atoms with E-state index in [-0.39, 0.29) is 12.1 Å². The molecule has 0 spiro atoms. The van der Waals surface area contributed by atoms with Gasteiger partial charge in [0.2, 0.25) is 0 Å². The summed E-state index contributed by atoms with van der Waals surface area (Å²) in [6, 6.07) is 3.36. The molecule has 1 aliphatic rings. The third kappa shape index (κ3) is 3.96. The molecule has 2 aromatic rings. The highest BCUT2D eigenvalue weighted by molar-refractivity contribution is 5.44. The maximum Gasteiger partial charge on any atom is 0.269 e. The Morgan fingerprint density at radius 3 is 2.73 bits per heavy atom. The fourth-order valence-corrected chi connectivity index (χ4v) is 3.13. The number of anilines is 1. The molecule has 8 nitrogen and oxygen atoms in total. The number of aromatic nitrogens is 3. The van der Waals surface area contributed by atoms with Gasteiger partial charge in [0.15, 0.2) is 11.5 Å². The number of likely N-dealkylation sites (N-methyl/N-ethyl adjacent to an activating group) is 1. The van der Waals surface area contributed by atoms with Gasteiger partial charge in [-0.05, 0) is 20.0 Å². The van der Waals surface area contributed by atoms with E-state index in [4.69, 9.17) is 9.47 Å². The van der Waals surface area contributed by atoms with Crippen molar-refractivity contribution in [3.05, 3.63) is 40.6 Å². The predicted molar refractivity (Wildman–Crippen MR) is 99.3 cm³/mol.